The number of H-pyrrole nitrogens is 1. The second-order valence-electron chi connectivity index (χ2n) is 8.96. The summed E-state index contributed by atoms with van der Waals surface area (Å²) in [5.74, 6) is 1.15. The zero-order valence-corrected chi connectivity index (χ0v) is 18.6. The van der Waals surface area contributed by atoms with Gasteiger partial charge < -0.3 is 24.8 Å². The van der Waals surface area contributed by atoms with Gasteiger partial charge in [-0.25, -0.2) is 4.98 Å². The van der Waals surface area contributed by atoms with Gasteiger partial charge in [0.1, 0.15) is 5.82 Å². The molecule has 168 valence electrons. The van der Waals surface area contributed by atoms with Crippen molar-refractivity contribution in [2.75, 3.05) is 58.3 Å². The molecule has 1 aromatic heterocycles. The van der Waals surface area contributed by atoms with Gasteiger partial charge in [-0.1, -0.05) is 12.1 Å². The topological polar surface area (TPSA) is 73.5 Å². The minimum atomic E-state index is -0.113. The van der Waals surface area contributed by atoms with Crippen LogP contribution in [0.5, 0.6) is 0 Å². The molecule has 1 unspecified atom stereocenters. The Balaban J connectivity index is 1.18. The molecule has 32 heavy (non-hydrogen) atoms. The first-order valence-corrected chi connectivity index (χ1v) is 11.5. The lowest BCUT2D eigenvalue weighted by molar-refractivity contribution is 0.102. The number of nitrogens with one attached hydrogen (secondary N) is 2. The highest BCUT2D eigenvalue weighted by atomic mass is 16.5. The maximum Gasteiger partial charge on any atom is 0.255 e. The number of carbonyl (C=O) groups is 1. The average Bonchev–Trinajstić information content (AvgIpc) is 3.49. The van der Waals surface area contributed by atoms with Crippen LogP contribution in [0.2, 0.25) is 0 Å². The number of hydrogen-bond donors (Lipinski definition) is 2. The number of fused-ring (bicyclic) bond motifs is 1. The fourth-order valence-corrected chi connectivity index (χ4v) is 4.43. The molecule has 3 heterocycles. The van der Waals surface area contributed by atoms with E-state index in [1.165, 1.54) is 5.56 Å². The van der Waals surface area contributed by atoms with Gasteiger partial charge in [0.2, 0.25) is 0 Å². The summed E-state index contributed by atoms with van der Waals surface area (Å²) in [5, 5.41) is 3.01. The largest absolute Gasteiger partial charge is 0.381 e. The van der Waals surface area contributed by atoms with Crippen LogP contribution in [0.15, 0.2) is 42.5 Å². The van der Waals surface area contributed by atoms with Crippen molar-refractivity contribution in [3.05, 3.63) is 59.4 Å². The third kappa shape index (κ3) is 4.85. The molecule has 7 nitrogen and oxygen atoms in total. The Morgan fingerprint density at radius 1 is 1.16 bits per heavy atom. The van der Waals surface area contributed by atoms with Crippen LogP contribution in [-0.2, 0) is 11.2 Å². The van der Waals surface area contributed by atoms with E-state index in [0.717, 1.165) is 74.7 Å². The van der Waals surface area contributed by atoms with E-state index in [9.17, 15) is 4.79 Å². The second-order valence-corrected chi connectivity index (χ2v) is 8.96. The lowest BCUT2D eigenvalue weighted by atomic mass is 10.1. The number of piperazine rings is 1. The maximum atomic E-state index is 12.8. The highest BCUT2D eigenvalue weighted by Gasteiger charge is 2.21. The molecule has 2 N–H and O–H groups in total. The van der Waals surface area contributed by atoms with Crippen LogP contribution >= 0.6 is 0 Å². The monoisotopic (exact) mass is 433 g/mol. The summed E-state index contributed by atoms with van der Waals surface area (Å²) in [7, 11) is 2.18. The van der Waals surface area contributed by atoms with Crippen LogP contribution in [0, 0.1) is 0 Å². The number of aromatic amines is 1. The van der Waals surface area contributed by atoms with Gasteiger partial charge in [-0.05, 0) is 55.8 Å². The Hall–Kier alpha value is -2.74. The number of aromatic nitrogens is 2. The highest BCUT2D eigenvalue weighted by Crippen LogP contribution is 2.25. The maximum absolute atomic E-state index is 12.8. The molecule has 5 rings (SSSR count). The fraction of sp³-hybridized carbons (Fsp3) is 0.440. The van der Waals surface area contributed by atoms with Crippen LogP contribution in [0.3, 0.4) is 0 Å². The summed E-state index contributed by atoms with van der Waals surface area (Å²) in [6.45, 7) is 7.14. The van der Waals surface area contributed by atoms with Crippen molar-refractivity contribution >= 4 is 22.6 Å². The van der Waals surface area contributed by atoms with Crippen molar-refractivity contribution in [3.63, 3.8) is 0 Å². The van der Waals surface area contributed by atoms with E-state index in [-0.39, 0.29) is 5.91 Å². The molecule has 1 atom stereocenters. The van der Waals surface area contributed by atoms with Gasteiger partial charge in [0.05, 0.1) is 17.6 Å². The van der Waals surface area contributed by atoms with Gasteiger partial charge in [0.15, 0.2) is 0 Å². The van der Waals surface area contributed by atoms with Gasteiger partial charge in [-0.2, -0.15) is 0 Å². The molecule has 7 heteroatoms. The lowest BCUT2D eigenvalue weighted by Gasteiger charge is -2.32. The Kier molecular flexibility index (Phi) is 6.21. The van der Waals surface area contributed by atoms with E-state index in [0.29, 0.717) is 18.1 Å². The van der Waals surface area contributed by atoms with Crippen molar-refractivity contribution in [1.29, 1.82) is 0 Å². The van der Waals surface area contributed by atoms with Crippen molar-refractivity contribution < 1.29 is 9.53 Å². The number of carbonyl (C=O) groups excluding carboxylic acids is 1. The van der Waals surface area contributed by atoms with E-state index < -0.39 is 0 Å². The van der Waals surface area contributed by atoms with E-state index in [4.69, 9.17) is 4.74 Å². The second kappa shape index (κ2) is 9.40. The van der Waals surface area contributed by atoms with Crippen molar-refractivity contribution in [3.8, 4) is 0 Å². The third-order valence-corrected chi connectivity index (χ3v) is 6.60. The van der Waals surface area contributed by atoms with Crippen LogP contribution in [-0.4, -0.2) is 78.7 Å². The normalized spacial score (nSPS) is 20.1. The molecule has 2 aliphatic rings. The summed E-state index contributed by atoms with van der Waals surface area (Å²) in [4.78, 5) is 25.7. The molecular formula is C25H31N5O2. The smallest absolute Gasteiger partial charge is 0.255 e. The SMILES string of the molecule is CN1CCN(CCc2ccc(NC(=O)c3ccc4nc(C5CCOC5)[nH]c4c3)cc2)CC1. The lowest BCUT2D eigenvalue weighted by Crippen LogP contribution is -2.45. The van der Waals surface area contributed by atoms with Gasteiger partial charge in [-0.3, -0.25) is 4.79 Å². The quantitative estimate of drug-likeness (QED) is 0.625. The van der Waals surface area contributed by atoms with Gasteiger partial charge in [-0.15, -0.1) is 0 Å². The first-order chi connectivity index (χ1) is 15.6. The number of amides is 1. The van der Waals surface area contributed by atoms with Gasteiger partial charge in [0.25, 0.3) is 5.91 Å². The van der Waals surface area contributed by atoms with Gasteiger partial charge in [0, 0.05) is 56.5 Å². The molecular weight excluding hydrogens is 402 g/mol. The molecule has 1 amide bonds. The van der Waals surface area contributed by atoms with Gasteiger partial charge >= 0.3 is 0 Å². The average molecular weight is 434 g/mol. The minimum absolute atomic E-state index is 0.113. The molecule has 0 aliphatic carbocycles. The molecule has 2 fully saturated rings. The van der Waals surface area contributed by atoms with Crippen LogP contribution in [0.25, 0.3) is 11.0 Å². The predicted octanol–water partition coefficient (Wildman–Crippen LogP) is 3.11. The number of anilines is 1. The Labute approximate surface area is 188 Å². The zero-order valence-electron chi connectivity index (χ0n) is 18.6. The number of imidazole rings is 1. The summed E-state index contributed by atoms with van der Waals surface area (Å²) < 4.78 is 5.47. The van der Waals surface area contributed by atoms with Crippen molar-refractivity contribution in [2.45, 2.75) is 18.8 Å². The number of ether oxygens (including phenoxy) is 1. The Morgan fingerprint density at radius 2 is 1.97 bits per heavy atom. The first kappa shape index (κ1) is 21.1. The number of hydrogen-bond acceptors (Lipinski definition) is 5. The molecule has 0 bridgehead atoms. The van der Waals surface area contributed by atoms with Crippen LogP contribution in [0.1, 0.15) is 34.1 Å². The molecule has 0 spiro atoms. The van der Waals surface area contributed by atoms with E-state index >= 15 is 0 Å². The first-order valence-electron chi connectivity index (χ1n) is 11.5. The van der Waals surface area contributed by atoms with E-state index in [2.05, 4.69) is 44.3 Å². The standard InChI is InChI=1S/C25H31N5O2/c1-29-11-13-30(14-12-29)10-8-18-2-5-21(6-3-18)26-25(31)19-4-7-22-23(16-19)28-24(27-22)20-9-15-32-17-20/h2-7,16,20H,8-15,17H2,1H3,(H,26,31)(H,27,28). The fourth-order valence-electron chi connectivity index (χ4n) is 4.43. The van der Waals surface area contributed by atoms with Crippen molar-refractivity contribution in [1.82, 2.24) is 19.8 Å². The minimum Gasteiger partial charge on any atom is -0.381 e. The molecule has 2 aromatic carbocycles. The number of benzene rings is 2. The molecule has 3 aromatic rings. The highest BCUT2D eigenvalue weighted by molar-refractivity contribution is 6.05. The summed E-state index contributed by atoms with van der Waals surface area (Å²) >= 11 is 0. The van der Waals surface area contributed by atoms with Crippen LogP contribution in [0.4, 0.5) is 5.69 Å². The predicted molar refractivity (Wildman–Crippen MR) is 126 cm³/mol. The number of likely N-dealkylation sites (N-methyl/N-ethyl adjacent to an activating group) is 1. The van der Waals surface area contributed by atoms with Crippen molar-refractivity contribution in [2.24, 2.45) is 0 Å². The zero-order chi connectivity index (χ0) is 21.9. The molecule has 0 saturated carbocycles. The molecule has 2 aliphatic heterocycles. The van der Waals surface area contributed by atoms with Crippen LogP contribution < -0.4 is 5.32 Å². The summed E-state index contributed by atoms with van der Waals surface area (Å²) in [6.07, 6.45) is 2.02. The summed E-state index contributed by atoms with van der Waals surface area (Å²) in [6, 6.07) is 13.8. The van der Waals surface area contributed by atoms with E-state index in [1.807, 2.05) is 30.3 Å². The molecule has 2 saturated heterocycles. The summed E-state index contributed by atoms with van der Waals surface area (Å²) in [5.41, 5.74) is 4.50. The Morgan fingerprint density at radius 3 is 2.72 bits per heavy atom. The molecule has 0 radical (unpaired) electrons. The third-order valence-electron chi connectivity index (χ3n) is 6.60. The number of nitrogens with zero attached hydrogens (tertiary/aromatic N) is 3. The number of rotatable bonds is 6. The Bertz CT molecular complexity index is 1060. The van der Waals surface area contributed by atoms with E-state index in [1.54, 1.807) is 0 Å².